The van der Waals surface area contributed by atoms with E-state index >= 15 is 0 Å². The quantitative estimate of drug-likeness (QED) is 0.751. The van der Waals surface area contributed by atoms with Crippen molar-refractivity contribution in [1.82, 2.24) is 10.3 Å². The van der Waals surface area contributed by atoms with Gasteiger partial charge >= 0.3 is 0 Å². The first kappa shape index (κ1) is 16.9. The van der Waals surface area contributed by atoms with Gasteiger partial charge in [-0.3, -0.25) is 9.59 Å². The third-order valence-corrected chi connectivity index (χ3v) is 4.05. The summed E-state index contributed by atoms with van der Waals surface area (Å²) in [4.78, 5) is 26.9. The highest BCUT2D eigenvalue weighted by Gasteiger charge is 2.06. The van der Waals surface area contributed by atoms with Gasteiger partial charge in [-0.1, -0.05) is 23.8 Å². The first-order valence-corrected chi connectivity index (χ1v) is 8.15. The van der Waals surface area contributed by atoms with Crippen molar-refractivity contribution in [3.8, 4) is 0 Å². The second-order valence-corrected chi connectivity index (χ2v) is 6.12. The van der Waals surface area contributed by atoms with Crippen molar-refractivity contribution in [3.63, 3.8) is 0 Å². The Hall–Kier alpha value is -2.95. The number of rotatable bonds is 5. The lowest BCUT2D eigenvalue weighted by Crippen LogP contribution is -2.28. The van der Waals surface area contributed by atoms with Crippen molar-refractivity contribution in [2.24, 2.45) is 0 Å². The summed E-state index contributed by atoms with van der Waals surface area (Å²) in [6.45, 7) is 2.35. The largest absolute Gasteiger partial charge is 0.355 e. The number of amides is 1. The molecule has 5 heteroatoms. The van der Waals surface area contributed by atoms with E-state index in [4.69, 9.17) is 0 Å². The first-order valence-electron chi connectivity index (χ1n) is 8.15. The SMILES string of the molecule is Cc1ccc2[nH]c(=O)c(CCNC(=O)Cc3cccc(F)c3)cc2c1. The number of fused-ring (bicyclic) bond motifs is 1. The van der Waals surface area contributed by atoms with Crippen LogP contribution in [0.15, 0.2) is 53.3 Å². The Morgan fingerprint density at radius 2 is 2.00 bits per heavy atom. The average molecular weight is 338 g/mol. The van der Waals surface area contributed by atoms with Crippen LogP contribution in [-0.4, -0.2) is 17.4 Å². The van der Waals surface area contributed by atoms with Crippen molar-refractivity contribution in [3.05, 3.63) is 81.4 Å². The van der Waals surface area contributed by atoms with Crippen LogP contribution in [0.3, 0.4) is 0 Å². The number of aromatic amines is 1. The number of nitrogens with one attached hydrogen (secondary N) is 2. The third-order valence-electron chi connectivity index (χ3n) is 4.05. The van der Waals surface area contributed by atoms with Crippen LogP contribution in [0, 0.1) is 12.7 Å². The molecule has 0 unspecified atom stereocenters. The van der Waals surface area contributed by atoms with Gasteiger partial charge < -0.3 is 10.3 Å². The molecule has 25 heavy (non-hydrogen) atoms. The maximum atomic E-state index is 13.1. The predicted molar refractivity (Wildman–Crippen MR) is 96.1 cm³/mol. The standard InChI is InChI=1S/C20H19FN2O2/c1-13-5-6-18-16(9-13)12-15(20(25)23-18)7-8-22-19(24)11-14-3-2-4-17(21)10-14/h2-6,9-10,12H,7-8,11H2,1H3,(H,22,24)(H,23,25). The smallest absolute Gasteiger partial charge is 0.251 e. The summed E-state index contributed by atoms with van der Waals surface area (Å²) >= 11 is 0. The zero-order valence-corrected chi connectivity index (χ0v) is 13.9. The molecule has 0 spiro atoms. The van der Waals surface area contributed by atoms with Gasteiger partial charge in [0.25, 0.3) is 5.56 Å². The molecule has 3 rings (SSSR count). The Morgan fingerprint density at radius 3 is 2.80 bits per heavy atom. The van der Waals surface area contributed by atoms with Gasteiger partial charge in [0.05, 0.1) is 6.42 Å². The Morgan fingerprint density at radius 1 is 1.16 bits per heavy atom. The number of pyridine rings is 1. The van der Waals surface area contributed by atoms with Gasteiger partial charge in [0, 0.05) is 17.6 Å². The van der Waals surface area contributed by atoms with Crippen molar-refractivity contribution in [2.45, 2.75) is 19.8 Å². The summed E-state index contributed by atoms with van der Waals surface area (Å²) in [5.74, 6) is -0.554. The highest BCUT2D eigenvalue weighted by molar-refractivity contribution is 5.80. The monoisotopic (exact) mass is 338 g/mol. The van der Waals surface area contributed by atoms with Gasteiger partial charge in [-0.05, 0) is 54.6 Å². The fourth-order valence-corrected chi connectivity index (χ4v) is 2.79. The molecule has 0 fully saturated rings. The number of aromatic nitrogens is 1. The van der Waals surface area contributed by atoms with Gasteiger partial charge in [-0.15, -0.1) is 0 Å². The maximum absolute atomic E-state index is 13.1. The molecule has 128 valence electrons. The van der Waals surface area contributed by atoms with Crippen molar-refractivity contribution >= 4 is 16.8 Å². The zero-order chi connectivity index (χ0) is 17.8. The van der Waals surface area contributed by atoms with Crippen LogP contribution in [0.1, 0.15) is 16.7 Å². The van der Waals surface area contributed by atoms with E-state index in [1.165, 1.54) is 12.1 Å². The molecule has 0 saturated carbocycles. The number of H-pyrrole nitrogens is 1. The maximum Gasteiger partial charge on any atom is 0.251 e. The van der Waals surface area contributed by atoms with Crippen LogP contribution >= 0.6 is 0 Å². The minimum atomic E-state index is -0.358. The number of carbonyl (C=O) groups excluding carboxylic acids is 1. The second kappa shape index (κ2) is 7.30. The Labute approximate surface area is 144 Å². The number of aryl methyl sites for hydroxylation is 1. The highest BCUT2D eigenvalue weighted by Crippen LogP contribution is 2.13. The summed E-state index contributed by atoms with van der Waals surface area (Å²) in [7, 11) is 0. The van der Waals surface area contributed by atoms with E-state index in [9.17, 15) is 14.0 Å². The molecule has 1 aromatic heterocycles. The molecule has 0 atom stereocenters. The number of hydrogen-bond donors (Lipinski definition) is 2. The lowest BCUT2D eigenvalue weighted by atomic mass is 10.1. The topological polar surface area (TPSA) is 62.0 Å². The molecule has 2 N–H and O–H groups in total. The molecule has 0 aliphatic heterocycles. The van der Waals surface area contributed by atoms with Gasteiger partial charge in [0.2, 0.25) is 5.91 Å². The summed E-state index contributed by atoms with van der Waals surface area (Å²) in [5.41, 5.74) is 3.03. The van der Waals surface area contributed by atoms with E-state index in [1.54, 1.807) is 12.1 Å². The van der Waals surface area contributed by atoms with Gasteiger partial charge in [0.1, 0.15) is 5.82 Å². The van der Waals surface area contributed by atoms with Gasteiger partial charge in [-0.2, -0.15) is 0 Å². The minimum Gasteiger partial charge on any atom is -0.355 e. The van der Waals surface area contributed by atoms with Crippen molar-refractivity contribution in [2.75, 3.05) is 6.54 Å². The summed E-state index contributed by atoms with van der Waals surface area (Å²) in [6, 6.07) is 13.7. The molecule has 2 aromatic carbocycles. The van der Waals surface area contributed by atoms with Crippen molar-refractivity contribution in [1.29, 1.82) is 0 Å². The number of hydrogen-bond acceptors (Lipinski definition) is 2. The Balaban J connectivity index is 1.61. The molecule has 1 heterocycles. The second-order valence-electron chi connectivity index (χ2n) is 6.12. The van der Waals surface area contributed by atoms with E-state index in [2.05, 4.69) is 10.3 Å². The van der Waals surface area contributed by atoms with E-state index in [1.807, 2.05) is 31.2 Å². The highest BCUT2D eigenvalue weighted by atomic mass is 19.1. The van der Waals surface area contributed by atoms with Crippen LogP contribution in [0.4, 0.5) is 4.39 Å². The molecular weight excluding hydrogens is 319 g/mol. The number of benzene rings is 2. The third kappa shape index (κ3) is 4.32. The Bertz CT molecular complexity index is 979. The van der Waals surface area contributed by atoms with Crippen LogP contribution < -0.4 is 10.9 Å². The van der Waals surface area contributed by atoms with Crippen LogP contribution in [0.25, 0.3) is 10.9 Å². The van der Waals surface area contributed by atoms with Crippen molar-refractivity contribution < 1.29 is 9.18 Å². The van der Waals surface area contributed by atoms with Crippen LogP contribution in [-0.2, 0) is 17.6 Å². The van der Waals surface area contributed by atoms with E-state index in [-0.39, 0.29) is 23.7 Å². The lowest BCUT2D eigenvalue weighted by Gasteiger charge is -2.07. The minimum absolute atomic E-state index is 0.116. The summed E-state index contributed by atoms with van der Waals surface area (Å²) in [6.07, 6.45) is 0.555. The number of halogens is 1. The van der Waals surface area contributed by atoms with E-state index < -0.39 is 0 Å². The first-order chi connectivity index (χ1) is 12.0. The molecule has 0 saturated heterocycles. The predicted octanol–water partition coefficient (Wildman–Crippen LogP) is 2.88. The molecule has 3 aromatic rings. The summed E-state index contributed by atoms with van der Waals surface area (Å²) < 4.78 is 13.1. The number of carbonyl (C=O) groups is 1. The molecule has 0 bridgehead atoms. The lowest BCUT2D eigenvalue weighted by molar-refractivity contribution is -0.120. The van der Waals surface area contributed by atoms with E-state index in [0.717, 1.165) is 16.5 Å². The summed E-state index contributed by atoms with van der Waals surface area (Å²) in [5, 5.41) is 3.74. The zero-order valence-electron chi connectivity index (χ0n) is 13.9. The normalized spacial score (nSPS) is 10.8. The fourth-order valence-electron chi connectivity index (χ4n) is 2.79. The van der Waals surface area contributed by atoms with E-state index in [0.29, 0.717) is 24.1 Å². The molecular formula is C20H19FN2O2. The molecule has 0 aliphatic carbocycles. The van der Waals surface area contributed by atoms with Crippen LogP contribution in [0.5, 0.6) is 0 Å². The molecule has 1 amide bonds. The van der Waals surface area contributed by atoms with Gasteiger partial charge in [0.15, 0.2) is 0 Å². The van der Waals surface area contributed by atoms with Gasteiger partial charge in [-0.25, -0.2) is 4.39 Å². The molecule has 0 aliphatic rings. The average Bonchev–Trinajstić information content (AvgIpc) is 2.55. The van der Waals surface area contributed by atoms with Crippen LogP contribution in [0.2, 0.25) is 0 Å². The Kier molecular flexibility index (Phi) is 4.93. The molecule has 4 nitrogen and oxygen atoms in total. The molecule has 0 radical (unpaired) electrons. The fraction of sp³-hybridized carbons (Fsp3) is 0.200.